The van der Waals surface area contributed by atoms with Crippen molar-refractivity contribution >= 4 is 23.8 Å². The molecule has 0 radical (unpaired) electrons. The molecule has 1 rings (SSSR count). The summed E-state index contributed by atoms with van der Waals surface area (Å²) in [5, 5.41) is 2.71. The van der Waals surface area contributed by atoms with Crippen LogP contribution >= 0.6 is 11.8 Å². The number of esters is 1. The van der Waals surface area contributed by atoms with Crippen LogP contribution in [-0.2, 0) is 20.9 Å². The van der Waals surface area contributed by atoms with E-state index in [2.05, 4.69) is 10.1 Å². The van der Waals surface area contributed by atoms with Crippen LogP contribution in [0, 0.1) is 0 Å². The van der Waals surface area contributed by atoms with Crippen molar-refractivity contribution < 1.29 is 19.1 Å². The molecule has 0 aliphatic carbocycles. The highest BCUT2D eigenvalue weighted by molar-refractivity contribution is 7.98. The molecule has 0 saturated heterocycles. The third kappa shape index (κ3) is 7.60. The van der Waals surface area contributed by atoms with E-state index in [9.17, 15) is 9.59 Å². The highest BCUT2D eigenvalue weighted by Crippen LogP contribution is 2.07. The molecule has 0 saturated carbocycles. The molecule has 0 aliphatic rings. The molecule has 1 aromatic rings. The van der Waals surface area contributed by atoms with E-state index in [1.165, 1.54) is 7.11 Å². The molecule has 0 heterocycles. The summed E-state index contributed by atoms with van der Waals surface area (Å²) in [7, 11) is 1.34. The molecule has 0 bridgehead atoms. The molecule has 0 fully saturated rings. The zero-order chi connectivity index (χ0) is 15.5. The van der Waals surface area contributed by atoms with Gasteiger partial charge in [0.2, 0.25) is 0 Å². The Balaban J connectivity index is 2.41. The van der Waals surface area contributed by atoms with E-state index in [0.717, 1.165) is 11.3 Å². The fourth-order valence-corrected chi connectivity index (χ4v) is 2.22. The van der Waals surface area contributed by atoms with Gasteiger partial charge in [0.25, 0.3) is 0 Å². The summed E-state index contributed by atoms with van der Waals surface area (Å²) in [4.78, 5) is 23.1. The molecule has 1 atom stereocenters. The van der Waals surface area contributed by atoms with Crippen molar-refractivity contribution in [1.82, 2.24) is 5.32 Å². The van der Waals surface area contributed by atoms with Gasteiger partial charge in [-0.2, -0.15) is 11.8 Å². The van der Waals surface area contributed by atoms with Crippen molar-refractivity contribution in [3.8, 4) is 0 Å². The van der Waals surface area contributed by atoms with Gasteiger partial charge in [-0.3, -0.25) is 4.79 Å². The first kappa shape index (κ1) is 17.4. The number of carbonyl (C=O) groups is 2. The number of nitrogens with one attached hydrogen (secondary N) is 1. The Labute approximate surface area is 129 Å². The van der Waals surface area contributed by atoms with Crippen molar-refractivity contribution in [2.24, 2.45) is 0 Å². The standard InChI is InChI=1S/C15H21NO4S/c1-19-14(17)10-13(8-9-21-2)16-15(18)20-11-12-6-4-3-5-7-12/h3-7,13H,8-11H2,1-2H3,(H,16,18)/t13-/m0/s1. The Bertz CT molecular complexity index is 439. The summed E-state index contributed by atoms with van der Waals surface area (Å²) < 4.78 is 9.78. The van der Waals surface area contributed by atoms with E-state index in [1.54, 1.807) is 11.8 Å². The van der Waals surface area contributed by atoms with Gasteiger partial charge in [0, 0.05) is 6.04 Å². The Hall–Kier alpha value is -1.69. The second kappa shape index (κ2) is 10.1. The summed E-state index contributed by atoms with van der Waals surface area (Å²) in [6, 6.07) is 9.16. The third-order valence-electron chi connectivity index (χ3n) is 2.85. The maximum Gasteiger partial charge on any atom is 0.407 e. The van der Waals surface area contributed by atoms with Crippen LogP contribution in [0.5, 0.6) is 0 Å². The number of methoxy groups -OCH3 is 1. The van der Waals surface area contributed by atoms with Crippen LogP contribution in [0.4, 0.5) is 4.79 Å². The van der Waals surface area contributed by atoms with E-state index in [-0.39, 0.29) is 25.0 Å². The Morgan fingerprint density at radius 2 is 2.00 bits per heavy atom. The molecule has 5 nitrogen and oxygen atoms in total. The zero-order valence-electron chi connectivity index (χ0n) is 12.3. The predicted octanol–water partition coefficient (Wildman–Crippen LogP) is 2.60. The molecule has 1 amide bonds. The number of carbonyl (C=O) groups excluding carboxylic acids is 2. The van der Waals surface area contributed by atoms with Gasteiger partial charge in [-0.1, -0.05) is 30.3 Å². The van der Waals surface area contributed by atoms with Crippen LogP contribution in [0.15, 0.2) is 30.3 Å². The minimum atomic E-state index is -0.520. The number of benzene rings is 1. The van der Waals surface area contributed by atoms with Crippen molar-refractivity contribution in [1.29, 1.82) is 0 Å². The number of rotatable bonds is 8. The largest absolute Gasteiger partial charge is 0.469 e. The predicted molar refractivity (Wildman–Crippen MR) is 83.2 cm³/mol. The second-order valence-corrected chi connectivity index (χ2v) is 5.45. The topological polar surface area (TPSA) is 64.6 Å². The highest BCUT2D eigenvalue weighted by Gasteiger charge is 2.17. The van der Waals surface area contributed by atoms with E-state index >= 15 is 0 Å². The van der Waals surface area contributed by atoms with E-state index in [1.807, 2.05) is 36.6 Å². The van der Waals surface area contributed by atoms with Crippen molar-refractivity contribution in [2.75, 3.05) is 19.1 Å². The molecular formula is C15H21NO4S. The van der Waals surface area contributed by atoms with Crippen LogP contribution in [0.2, 0.25) is 0 Å². The second-order valence-electron chi connectivity index (χ2n) is 4.46. The lowest BCUT2D eigenvalue weighted by molar-refractivity contribution is -0.141. The number of hydrogen-bond donors (Lipinski definition) is 1. The van der Waals surface area contributed by atoms with E-state index < -0.39 is 6.09 Å². The first-order valence-electron chi connectivity index (χ1n) is 6.68. The van der Waals surface area contributed by atoms with E-state index in [4.69, 9.17) is 4.74 Å². The first-order valence-corrected chi connectivity index (χ1v) is 8.08. The molecule has 0 aliphatic heterocycles. The SMILES string of the molecule is COC(=O)C[C@H](CCSC)NC(=O)OCc1ccccc1. The zero-order valence-corrected chi connectivity index (χ0v) is 13.2. The van der Waals surface area contributed by atoms with Gasteiger partial charge in [0.1, 0.15) is 6.61 Å². The highest BCUT2D eigenvalue weighted by atomic mass is 32.2. The van der Waals surface area contributed by atoms with Crippen LogP contribution in [-0.4, -0.2) is 37.2 Å². The smallest absolute Gasteiger partial charge is 0.407 e. The molecule has 6 heteroatoms. The maximum atomic E-state index is 11.8. The molecule has 1 aromatic carbocycles. The average Bonchev–Trinajstić information content (AvgIpc) is 2.51. The number of thioether (sulfide) groups is 1. The van der Waals surface area contributed by atoms with Crippen LogP contribution in [0.1, 0.15) is 18.4 Å². The lowest BCUT2D eigenvalue weighted by Crippen LogP contribution is -2.37. The number of alkyl carbamates (subject to hydrolysis) is 1. The molecule has 0 unspecified atom stereocenters. The molecule has 21 heavy (non-hydrogen) atoms. The normalized spacial score (nSPS) is 11.5. The molecule has 1 N–H and O–H groups in total. The number of ether oxygens (including phenoxy) is 2. The number of hydrogen-bond acceptors (Lipinski definition) is 5. The Morgan fingerprint density at radius 3 is 2.62 bits per heavy atom. The Morgan fingerprint density at radius 1 is 1.29 bits per heavy atom. The summed E-state index contributed by atoms with van der Waals surface area (Å²) in [6.45, 7) is 0.208. The van der Waals surface area contributed by atoms with Gasteiger partial charge in [0.05, 0.1) is 13.5 Å². The summed E-state index contributed by atoms with van der Waals surface area (Å²) >= 11 is 1.66. The maximum absolute atomic E-state index is 11.8. The van der Waals surface area contributed by atoms with Gasteiger partial charge >= 0.3 is 12.1 Å². The number of amides is 1. The average molecular weight is 311 g/mol. The van der Waals surface area contributed by atoms with Crippen molar-refractivity contribution in [3.05, 3.63) is 35.9 Å². The van der Waals surface area contributed by atoms with Crippen molar-refractivity contribution in [3.63, 3.8) is 0 Å². The van der Waals surface area contributed by atoms with Gasteiger partial charge in [-0.25, -0.2) is 4.79 Å². The minimum absolute atomic E-state index is 0.150. The molecular weight excluding hydrogens is 290 g/mol. The van der Waals surface area contributed by atoms with Crippen LogP contribution in [0.3, 0.4) is 0 Å². The molecule has 0 aromatic heterocycles. The van der Waals surface area contributed by atoms with Crippen LogP contribution < -0.4 is 5.32 Å². The van der Waals surface area contributed by atoms with Gasteiger partial charge in [-0.05, 0) is 24.0 Å². The lowest BCUT2D eigenvalue weighted by Gasteiger charge is -2.17. The minimum Gasteiger partial charge on any atom is -0.469 e. The Kier molecular flexibility index (Phi) is 8.35. The van der Waals surface area contributed by atoms with Gasteiger partial charge in [0.15, 0.2) is 0 Å². The van der Waals surface area contributed by atoms with Gasteiger partial charge < -0.3 is 14.8 Å². The molecule has 116 valence electrons. The van der Waals surface area contributed by atoms with E-state index in [0.29, 0.717) is 6.42 Å². The first-order chi connectivity index (χ1) is 10.2. The fraction of sp³-hybridized carbons (Fsp3) is 0.467. The lowest BCUT2D eigenvalue weighted by atomic mass is 10.1. The molecule has 0 spiro atoms. The summed E-state index contributed by atoms with van der Waals surface area (Å²) in [5.74, 6) is 0.505. The third-order valence-corrected chi connectivity index (χ3v) is 3.49. The van der Waals surface area contributed by atoms with Crippen LogP contribution in [0.25, 0.3) is 0 Å². The quantitative estimate of drug-likeness (QED) is 0.748. The summed E-state index contributed by atoms with van der Waals surface area (Å²) in [6.07, 6.45) is 2.30. The van der Waals surface area contributed by atoms with Gasteiger partial charge in [-0.15, -0.1) is 0 Å². The summed E-state index contributed by atoms with van der Waals surface area (Å²) in [5.41, 5.74) is 0.918. The van der Waals surface area contributed by atoms with Crippen molar-refractivity contribution in [2.45, 2.75) is 25.5 Å². The fourth-order valence-electron chi connectivity index (χ4n) is 1.70. The monoisotopic (exact) mass is 311 g/mol.